The molecule has 0 aromatic rings. The summed E-state index contributed by atoms with van der Waals surface area (Å²) in [6.07, 6.45) is 8.12. The van der Waals surface area contributed by atoms with E-state index in [-0.39, 0.29) is 17.3 Å². The number of aliphatic hydroxyl groups excluding tert-OH is 1. The molecule has 0 spiro atoms. The molecule has 8 atom stereocenters. The van der Waals surface area contributed by atoms with Crippen LogP contribution < -0.4 is 16.8 Å². The summed E-state index contributed by atoms with van der Waals surface area (Å²) in [7, 11) is 3.99. The van der Waals surface area contributed by atoms with Crippen molar-refractivity contribution < 1.29 is 14.9 Å². The van der Waals surface area contributed by atoms with E-state index in [2.05, 4.69) is 29.1 Å². The number of hydrogen-bond donors (Lipinski definition) is 6. The Labute approximate surface area is 223 Å². The largest absolute Gasteiger partial charge is 0.392 e. The molecule has 9 heteroatoms. The van der Waals surface area contributed by atoms with Gasteiger partial charge in [-0.3, -0.25) is 10.4 Å². The van der Waals surface area contributed by atoms with Gasteiger partial charge in [-0.05, 0) is 108 Å². The number of nitrogens with one attached hydrogen (secondary N) is 2. The topological polar surface area (TPSA) is 153 Å². The molecule has 0 radical (unpaired) electrons. The van der Waals surface area contributed by atoms with Crippen molar-refractivity contribution in [2.45, 2.75) is 95.4 Å². The molecular formula is C28H52N6O3. The molecule has 4 fully saturated rings. The highest BCUT2D eigenvalue weighted by atomic mass is 16.5. The molecule has 8 N–H and O–H groups in total. The summed E-state index contributed by atoms with van der Waals surface area (Å²) in [6, 6.07) is 0. The second-order valence-corrected chi connectivity index (χ2v) is 13.2. The van der Waals surface area contributed by atoms with E-state index in [1.54, 1.807) is 0 Å². The predicted molar refractivity (Wildman–Crippen MR) is 147 cm³/mol. The van der Waals surface area contributed by atoms with Crippen LogP contribution in [-0.2, 0) is 4.74 Å². The maximum absolute atomic E-state index is 12.0. The number of likely N-dealkylation sites (N-methyl/N-ethyl adjacent to an activating group) is 1. The summed E-state index contributed by atoms with van der Waals surface area (Å²) in [6.45, 7) is 6.97. The Morgan fingerprint density at radius 3 is 2.57 bits per heavy atom. The molecule has 4 aliphatic carbocycles. The third kappa shape index (κ3) is 4.95. The molecule has 0 heterocycles. The van der Waals surface area contributed by atoms with Gasteiger partial charge in [0.05, 0.1) is 18.2 Å². The van der Waals surface area contributed by atoms with Crippen LogP contribution >= 0.6 is 0 Å². The van der Waals surface area contributed by atoms with Crippen molar-refractivity contribution in [3.8, 4) is 0 Å². The first kappa shape index (κ1) is 28.7. The lowest BCUT2D eigenvalue weighted by molar-refractivity contribution is -0.221. The monoisotopic (exact) mass is 520 g/mol. The molecule has 0 aromatic heterocycles. The first-order valence-corrected chi connectivity index (χ1v) is 14.5. The normalized spacial score (nSPS) is 43.7. The number of aliphatic hydroxyl groups is 2. The van der Waals surface area contributed by atoms with Crippen LogP contribution in [0, 0.1) is 34.0 Å². The van der Waals surface area contributed by atoms with Crippen LogP contribution in [0.2, 0.25) is 0 Å². The number of guanidine groups is 1. The average molecular weight is 521 g/mol. The van der Waals surface area contributed by atoms with Crippen molar-refractivity contribution in [2.75, 3.05) is 40.3 Å². The van der Waals surface area contributed by atoms with Gasteiger partial charge >= 0.3 is 0 Å². The lowest BCUT2D eigenvalue weighted by Crippen LogP contribution is -2.65. The van der Waals surface area contributed by atoms with Crippen molar-refractivity contribution in [3.63, 3.8) is 0 Å². The number of fused-ring (bicyclic) bond motifs is 5. The molecule has 4 saturated carbocycles. The maximum Gasteiger partial charge on any atom is 0.194 e. The highest BCUT2D eigenvalue weighted by Gasteiger charge is 2.68. The number of aliphatic imine (C=N–C) groups is 1. The van der Waals surface area contributed by atoms with Gasteiger partial charge in [0.2, 0.25) is 0 Å². The van der Waals surface area contributed by atoms with E-state index < -0.39 is 22.7 Å². The van der Waals surface area contributed by atoms with Gasteiger partial charge in [0.25, 0.3) is 0 Å². The van der Waals surface area contributed by atoms with Gasteiger partial charge in [0.1, 0.15) is 11.4 Å². The number of ether oxygens (including phenoxy) is 1. The number of hydrogen-bond acceptors (Lipinski definition) is 7. The lowest BCUT2D eigenvalue weighted by atomic mass is 9.43. The van der Waals surface area contributed by atoms with E-state index in [0.29, 0.717) is 50.2 Å². The molecule has 0 aliphatic heterocycles. The van der Waals surface area contributed by atoms with Gasteiger partial charge in [-0.25, -0.2) is 0 Å². The minimum Gasteiger partial charge on any atom is -0.392 e. The van der Waals surface area contributed by atoms with Crippen LogP contribution in [0.25, 0.3) is 0 Å². The smallest absolute Gasteiger partial charge is 0.194 e. The molecular weight excluding hydrogens is 468 g/mol. The second-order valence-electron chi connectivity index (χ2n) is 13.2. The summed E-state index contributed by atoms with van der Waals surface area (Å²) in [5.74, 6) is 1.62. The van der Waals surface area contributed by atoms with E-state index in [9.17, 15) is 10.2 Å². The molecule has 4 rings (SSSR count). The Balaban J connectivity index is 1.52. The van der Waals surface area contributed by atoms with Gasteiger partial charge in [0, 0.05) is 18.6 Å². The SMILES string of the molecule is CN(C)CCN=C(N)NC(=N)C1(OCCCN)CC[C@@]2(C)C(CC[C@@H]3[C@H]2CC[C@]2(C)C(O)CC[C@@]32O)C1. The third-order valence-corrected chi connectivity index (χ3v) is 11.1. The maximum atomic E-state index is 12.0. The summed E-state index contributed by atoms with van der Waals surface area (Å²) >= 11 is 0. The van der Waals surface area contributed by atoms with Crippen molar-refractivity contribution >= 4 is 11.8 Å². The van der Waals surface area contributed by atoms with Gasteiger partial charge < -0.3 is 36.6 Å². The Morgan fingerprint density at radius 1 is 1.11 bits per heavy atom. The summed E-state index contributed by atoms with van der Waals surface area (Å²) in [4.78, 5) is 6.45. The molecule has 0 saturated heterocycles. The summed E-state index contributed by atoms with van der Waals surface area (Å²) in [5.41, 5.74) is 10.1. The van der Waals surface area contributed by atoms with Crippen molar-refractivity contribution in [3.05, 3.63) is 0 Å². The molecule has 0 bridgehead atoms. The molecule has 37 heavy (non-hydrogen) atoms. The fraction of sp³-hybridized carbons (Fsp3) is 0.929. The van der Waals surface area contributed by atoms with Crippen LogP contribution in [0.4, 0.5) is 0 Å². The van der Waals surface area contributed by atoms with Crippen LogP contribution in [0.3, 0.4) is 0 Å². The first-order valence-electron chi connectivity index (χ1n) is 14.5. The Kier molecular flexibility index (Phi) is 8.33. The van der Waals surface area contributed by atoms with Crippen LogP contribution in [0.15, 0.2) is 4.99 Å². The van der Waals surface area contributed by atoms with Crippen molar-refractivity contribution in [2.24, 2.45) is 45.0 Å². The zero-order valence-corrected chi connectivity index (χ0v) is 23.6. The fourth-order valence-electron chi connectivity index (χ4n) is 8.60. The number of nitrogens with two attached hydrogens (primary N) is 2. The molecule has 9 nitrogen and oxygen atoms in total. The Bertz CT molecular complexity index is 869. The van der Waals surface area contributed by atoms with E-state index in [0.717, 1.165) is 57.9 Å². The zero-order chi connectivity index (χ0) is 27.1. The standard InChI is InChI=1S/C28H52N6O3/c1-25-12-13-27(37-17-5-14-29,23(30)33-24(31)32-15-16-34(3)4)18-19(25)6-7-21-20(25)8-10-26(2)22(35)9-11-28(21,26)36/h19-22,35-36H,5-18,29H2,1-4H3,(H4,30,31,32,33)/t19?,20-,21-,22?,25+,26-,27?,28-/m1/s1. The molecule has 0 aromatic carbocycles. The van der Waals surface area contributed by atoms with Gasteiger partial charge in [-0.2, -0.15) is 0 Å². The van der Waals surface area contributed by atoms with Gasteiger partial charge in [-0.15, -0.1) is 0 Å². The predicted octanol–water partition coefficient (Wildman–Crippen LogP) is 2.05. The van der Waals surface area contributed by atoms with E-state index >= 15 is 0 Å². The van der Waals surface area contributed by atoms with E-state index in [1.807, 2.05) is 14.1 Å². The van der Waals surface area contributed by atoms with Gasteiger partial charge in [-0.1, -0.05) is 13.8 Å². The van der Waals surface area contributed by atoms with Gasteiger partial charge in [0.15, 0.2) is 5.96 Å². The highest BCUT2D eigenvalue weighted by Crippen LogP contribution is 2.68. The van der Waals surface area contributed by atoms with Crippen molar-refractivity contribution in [1.82, 2.24) is 10.2 Å². The van der Waals surface area contributed by atoms with Crippen LogP contribution in [-0.4, -0.2) is 84.6 Å². The minimum absolute atomic E-state index is 0.0832. The summed E-state index contributed by atoms with van der Waals surface area (Å²) < 4.78 is 6.50. The fourth-order valence-corrected chi connectivity index (χ4v) is 8.60. The molecule has 4 aliphatic rings. The van der Waals surface area contributed by atoms with Crippen LogP contribution in [0.5, 0.6) is 0 Å². The molecule has 0 amide bonds. The van der Waals surface area contributed by atoms with Crippen molar-refractivity contribution in [1.29, 1.82) is 5.41 Å². The number of rotatable bonds is 8. The minimum atomic E-state index is -0.777. The zero-order valence-electron chi connectivity index (χ0n) is 23.6. The third-order valence-electron chi connectivity index (χ3n) is 11.1. The Morgan fingerprint density at radius 2 is 1.86 bits per heavy atom. The molecule has 212 valence electrons. The quantitative estimate of drug-likeness (QED) is 0.163. The second kappa shape index (κ2) is 10.7. The van der Waals surface area contributed by atoms with Crippen LogP contribution in [0.1, 0.15) is 78.1 Å². The summed E-state index contributed by atoms with van der Waals surface area (Å²) in [5, 5.41) is 34.9. The first-order chi connectivity index (χ1) is 17.4. The number of amidine groups is 1. The number of nitrogens with zero attached hydrogens (tertiary/aromatic N) is 2. The molecule has 3 unspecified atom stereocenters. The van der Waals surface area contributed by atoms with E-state index in [4.69, 9.17) is 21.6 Å². The van der Waals surface area contributed by atoms with E-state index in [1.165, 1.54) is 0 Å². The lowest BCUT2D eigenvalue weighted by Gasteiger charge is -2.64. The average Bonchev–Trinajstić information content (AvgIpc) is 3.08. The highest BCUT2D eigenvalue weighted by molar-refractivity contribution is 6.01. The Hall–Kier alpha value is -1.26.